The molecule has 0 radical (unpaired) electrons. The van der Waals surface area contributed by atoms with Gasteiger partial charge in [-0.15, -0.1) is 0 Å². The molecule has 0 saturated heterocycles. The molecule has 3 unspecified atom stereocenters. The Hall–Kier alpha value is -0.760. The maximum Gasteiger partial charge on any atom is 0.104 e. The summed E-state index contributed by atoms with van der Waals surface area (Å²) in [7, 11) is 0. The third-order valence-electron chi connectivity index (χ3n) is 5.69. The van der Waals surface area contributed by atoms with Crippen molar-refractivity contribution in [3.8, 4) is 0 Å². The van der Waals surface area contributed by atoms with Crippen molar-refractivity contribution in [2.45, 2.75) is 45.2 Å². The van der Waals surface area contributed by atoms with E-state index in [4.69, 9.17) is 93.3 Å². The first kappa shape index (κ1) is 55.6. The molecule has 0 saturated carbocycles. The Morgan fingerprint density at radius 1 is 0.346 bits per heavy atom. The van der Waals surface area contributed by atoms with Crippen LogP contribution >= 0.6 is 0 Å². The van der Waals surface area contributed by atoms with Crippen molar-refractivity contribution in [2.75, 3.05) is 165 Å². The molecule has 0 spiro atoms. The highest BCUT2D eigenvalue weighted by atomic mass is 16.6. The molecule has 318 valence electrons. The Kier molecular flexibility index (Phi) is 47.7. The van der Waals surface area contributed by atoms with E-state index >= 15 is 0 Å². The van der Waals surface area contributed by atoms with Crippen LogP contribution < -0.4 is 0 Å². The molecule has 0 aliphatic carbocycles. The van der Waals surface area contributed by atoms with Crippen LogP contribution in [0.5, 0.6) is 0 Å². The van der Waals surface area contributed by atoms with E-state index in [0.717, 1.165) is 0 Å². The number of ether oxygens (including phenoxy) is 10. The van der Waals surface area contributed by atoms with E-state index in [1.54, 1.807) is 20.8 Å². The zero-order chi connectivity index (χ0) is 39.6. The zero-order valence-corrected chi connectivity index (χ0v) is 31.6. The number of aliphatic hydroxyl groups excluding tert-OH is 9. The highest BCUT2D eigenvalue weighted by molar-refractivity contribution is 4.79. The fourth-order valence-electron chi connectivity index (χ4n) is 3.49. The molecule has 0 aliphatic rings. The monoisotopic (exact) mass is 772 g/mol. The molecule has 0 aromatic carbocycles. The van der Waals surface area contributed by atoms with Crippen molar-refractivity contribution in [1.29, 1.82) is 0 Å². The number of aliphatic hydroxyl groups is 9. The molecule has 3 atom stereocenters. The standard InChI is InChI=1S/C13H28O8.C12H26O6.C8H18O5/c14-1-5-18-9-13(10-19-6-2-15,11-20-7-3-16)12-21-8-4-17;1-9(13)4-16-7-12(18-6-11(3)15)8-17-5-10(2)14;9-1-3-11-5-7-13-8-6-12-4-2-10/h14-17H,1-12H2;9-15H,4-8H2,1-3H3;9-10H,1-8H2. The maximum atomic E-state index is 9.14. The fourth-order valence-corrected chi connectivity index (χ4v) is 3.49. The van der Waals surface area contributed by atoms with Crippen molar-refractivity contribution < 1.29 is 93.3 Å². The Morgan fingerprint density at radius 2 is 0.615 bits per heavy atom. The van der Waals surface area contributed by atoms with Gasteiger partial charge in [-0.25, -0.2) is 0 Å². The third-order valence-corrected chi connectivity index (χ3v) is 5.69. The van der Waals surface area contributed by atoms with Gasteiger partial charge in [0.25, 0.3) is 0 Å². The first-order valence-corrected chi connectivity index (χ1v) is 17.6. The summed E-state index contributed by atoms with van der Waals surface area (Å²) in [6, 6.07) is 0. The predicted molar refractivity (Wildman–Crippen MR) is 187 cm³/mol. The molecule has 19 nitrogen and oxygen atoms in total. The van der Waals surface area contributed by atoms with E-state index in [2.05, 4.69) is 0 Å². The smallest absolute Gasteiger partial charge is 0.104 e. The molecule has 0 aliphatic heterocycles. The quantitative estimate of drug-likeness (QED) is 0.0278. The first-order valence-electron chi connectivity index (χ1n) is 17.6. The van der Waals surface area contributed by atoms with Gasteiger partial charge in [0.15, 0.2) is 0 Å². The first-order chi connectivity index (χ1) is 25.1. The number of rotatable bonds is 37. The lowest BCUT2D eigenvalue weighted by Gasteiger charge is -2.32. The number of hydrogen-bond acceptors (Lipinski definition) is 19. The summed E-state index contributed by atoms with van der Waals surface area (Å²) < 4.78 is 52.4. The van der Waals surface area contributed by atoms with Crippen LogP contribution in [0.2, 0.25) is 0 Å². The van der Waals surface area contributed by atoms with Gasteiger partial charge >= 0.3 is 0 Å². The lowest BCUT2D eigenvalue weighted by atomic mass is 9.92. The van der Waals surface area contributed by atoms with Crippen LogP contribution in [-0.4, -0.2) is 236 Å². The molecular formula is C33H72O19. The van der Waals surface area contributed by atoms with Crippen molar-refractivity contribution in [3.63, 3.8) is 0 Å². The zero-order valence-electron chi connectivity index (χ0n) is 31.6. The predicted octanol–water partition coefficient (Wildman–Crippen LogP) is -3.42. The molecule has 52 heavy (non-hydrogen) atoms. The molecule has 0 amide bonds. The molecule has 0 aromatic heterocycles. The molecule has 0 heterocycles. The minimum Gasteiger partial charge on any atom is -0.394 e. The van der Waals surface area contributed by atoms with Gasteiger partial charge in [-0.2, -0.15) is 0 Å². The fraction of sp³-hybridized carbons (Fsp3) is 1.00. The van der Waals surface area contributed by atoms with E-state index in [9.17, 15) is 0 Å². The van der Waals surface area contributed by atoms with Crippen LogP contribution in [0, 0.1) is 5.41 Å². The Morgan fingerprint density at radius 3 is 0.885 bits per heavy atom. The van der Waals surface area contributed by atoms with E-state index < -0.39 is 23.7 Å². The molecule has 9 N–H and O–H groups in total. The van der Waals surface area contributed by atoms with Crippen molar-refractivity contribution in [3.05, 3.63) is 0 Å². The lowest BCUT2D eigenvalue weighted by molar-refractivity contribution is -0.115. The average Bonchev–Trinajstić information content (AvgIpc) is 3.10. The van der Waals surface area contributed by atoms with Gasteiger partial charge in [0, 0.05) is 0 Å². The minimum absolute atomic E-state index is 0.0413. The van der Waals surface area contributed by atoms with Gasteiger partial charge in [-0.1, -0.05) is 0 Å². The minimum atomic E-state index is -0.630. The van der Waals surface area contributed by atoms with Gasteiger partial charge in [-0.05, 0) is 20.8 Å². The second-order valence-corrected chi connectivity index (χ2v) is 11.5. The Balaban J connectivity index is -0.000000712. The summed E-state index contributed by atoms with van der Waals surface area (Å²) in [5.74, 6) is 0. The molecule has 0 bridgehead atoms. The van der Waals surface area contributed by atoms with Crippen LogP contribution in [0.4, 0.5) is 0 Å². The largest absolute Gasteiger partial charge is 0.394 e. The second-order valence-electron chi connectivity index (χ2n) is 11.5. The van der Waals surface area contributed by atoms with Crippen molar-refractivity contribution in [1.82, 2.24) is 0 Å². The third kappa shape index (κ3) is 45.4. The summed E-state index contributed by atoms with van der Waals surface area (Å²) in [6.45, 7) is 10.1. The van der Waals surface area contributed by atoms with Crippen LogP contribution in [0.15, 0.2) is 0 Å². The topological polar surface area (TPSA) is 274 Å². The summed E-state index contributed by atoms with van der Waals surface area (Å²) in [5, 5.41) is 79.1. The van der Waals surface area contributed by atoms with E-state index in [-0.39, 0.29) is 132 Å². The van der Waals surface area contributed by atoms with E-state index in [1.165, 1.54) is 0 Å². The van der Waals surface area contributed by atoms with Crippen LogP contribution in [-0.2, 0) is 47.4 Å². The highest BCUT2D eigenvalue weighted by Crippen LogP contribution is 2.20. The Bertz CT molecular complexity index is 579. The highest BCUT2D eigenvalue weighted by Gasteiger charge is 2.32. The van der Waals surface area contributed by atoms with Crippen LogP contribution in [0.25, 0.3) is 0 Å². The van der Waals surface area contributed by atoms with Gasteiger partial charge in [0.2, 0.25) is 0 Å². The molecule has 0 aromatic rings. The molecular weight excluding hydrogens is 700 g/mol. The number of hydrogen-bond donors (Lipinski definition) is 9. The molecule has 19 heteroatoms. The SMILES string of the molecule is CC(O)COCC(COCC(C)O)OCC(C)O.OCCOCC(COCCO)(COCCO)COCCO.OCCOCCOCCOCCO. The van der Waals surface area contributed by atoms with Gasteiger partial charge in [0.05, 0.1) is 189 Å². The van der Waals surface area contributed by atoms with Crippen LogP contribution in [0.3, 0.4) is 0 Å². The van der Waals surface area contributed by atoms with Crippen molar-refractivity contribution in [2.24, 2.45) is 5.41 Å². The summed E-state index contributed by atoms with van der Waals surface area (Å²) in [5.41, 5.74) is -0.630. The van der Waals surface area contributed by atoms with E-state index in [1.807, 2.05) is 0 Å². The summed E-state index contributed by atoms with van der Waals surface area (Å²) in [4.78, 5) is 0. The van der Waals surface area contributed by atoms with Gasteiger partial charge in [0.1, 0.15) is 6.10 Å². The van der Waals surface area contributed by atoms with E-state index in [0.29, 0.717) is 39.6 Å². The second kappa shape index (κ2) is 44.6. The van der Waals surface area contributed by atoms with Gasteiger partial charge < -0.3 is 93.3 Å². The maximum absolute atomic E-state index is 9.14. The normalized spacial score (nSPS) is 13.8. The summed E-state index contributed by atoms with van der Waals surface area (Å²) in [6.07, 6.45) is -1.93. The Labute approximate surface area is 309 Å². The molecule has 0 rings (SSSR count). The average molecular weight is 773 g/mol. The molecule has 0 fully saturated rings. The van der Waals surface area contributed by atoms with Crippen LogP contribution in [0.1, 0.15) is 20.8 Å². The van der Waals surface area contributed by atoms with Crippen molar-refractivity contribution >= 4 is 0 Å². The van der Waals surface area contributed by atoms with Gasteiger partial charge in [-0.3, -0.25) is 0 Å². The lowest BCUT2D eigenvalue weighted by Crippen LogP contribution is -2.42. The summed E-state index contributed by atoms with van der Waals surface area (Å²) >= 11 is 0.